The van der Waals surface area contributed by atoms with Gasteiger partial charge in [0.15, 0.2) is 5.65 Å². The number of methoxy groups -OCH3 is 1. The summed E-state index contributed by atoms with van der Waals surface area (Å²) in [7, 11) is 1.63. The van der Waals surface area contributed by atoms with E-state index in [0.717, 1.165) is 41.1 Å². The van der Waals surface area contributed by atoms with Crippen molar-refractivity contribution in [2.24, 2.45) is 0 Å². The minimum Gasteiger partial charge on any atom is -0.497 e. The molecular formula is C25H29N7O3. The molecule has 4 aromatic rings. The molecular weight excluding hydrogens is 446 g/mol. The summed E-state index contributed by atoms with van der Waals surface area (Å²) in [5, 5.41) is 9.41. The first-order chi connectivity index (χ1) is 16.9. The maximum atomic E-state index is 13.3. The number of ether oxygens (including phenoxy) is 1. The molecule has 0 aliphatic carbocycles. The van der Waals surface area contributed by atoms with Crippen molar-refractivity contribution in [1.29, 1.82) is 0 Å². The molecule has 0 radical (unpaired) electrons. The molecule has 4 heterocycles. The Hall–Kier alpha value is -3.79. The summed E-state index contributed by atoms with van der Waals surface area (Å²) in [6.45, 7) is 9.27. The summed E-state index contributed by atoms with van der Waals surface area (Å²) in [5.41, 5.74) is 3.04. The average molecular weight is 476 g/mol. The van der Waals surface area contributed by atoms with E-state index >= 15 is 0 Å². The fraction of sp³-hybridized carbons (Fsp3) is 0.400. The Labute approximate surface area is 203 Å². The average Bonchev–Trinajstić information content (AvgIpc) is 3.50. The van der Waals surface area contributed by atoms with E-state index in [1.54, 1.807) is 13.3 Å². The van der Waals surface area contributed by atoms with E-state index in [9.17, 15) is 4.79 Å². The van der Waals surface area contributed by atoms with Crippen LogP contribution in [-0.2, 0) is 6.54 Å². The second-order valence-corrected chi connectivity index (χ2v) is 9.03. The Kier molecular flexibility index (Phi) is 6.21. The van der Waals surface area contributed by atoms with E-state index in [0.29, 0.717) is 36.9 Å². The van der Waals surface area contributed by atoms with Crippen LogP contribution in [0.15, 0.2) is 41.1 Å². The molecule has 0 N–H and O–H groups in total. The lowest BCUT2D eigenvalue weighted by Crippen LogP contribution is -2.48. The van der Waals surface area contributed by atoms with Crippen molar-refractivity contribution in [1.82, 2.24) is 34.7 Å². The molecule has 10 nitrogen and oxygen atoms in total. The molecule has 0 saturated carbocycles. The van der Waals surface area contributed by atoms with E-state index in [4.69, 9.17) is 9.26 Å². The summed E-state index contributed by atoms with van der Waals surface area (Å²) in [4.78, 5) is 26.6. The first-order valence-corrected chi connectivity index (χ1v) is 11.8. The zero-order valence-electron chi connectivity index (χ0n) is 20.4. The number of fused-ring (bicyclic) bond motifs is 1. The summed E-state index contributed by atoms with van der Waals surface area (Å²) < 4.78 is 12.5. The van der Waals surface area contributed by atoms with Gasteiger partial charge in [0.1, 0.15) is 5.75 Å². The molecule has 0 atom stereocenters. The van der Waals surface area contributed by atoms with Crippen LogP contribution in [0.3, 0.4) is 0 Å². The van der Waals surface area contributed by atoms with E-state index in [1.165, 1.54) is 0 Å². The van der Waals surface area contributed by atoms with Crippen molar-refractivity contribution >= 4 is 16.9 Å². The van der Waals surface area contributed by atoms with Gasteiger partial charge in [0, 0.05) is 43.2 Å². The second-order valence-electron chi connectivity index (χ2n) is 9.03. The van der Waals surface area contributed by atoms with Gasteiger partial charge in [0.25, 0.3) is 5.91 Å². The van der Waals surface area contributed by atoms with Crippen LogP contribution in [0.1, 0.15) is 41.8 Å². The quantitative estimate of drug-likeness (QED) is 0.418. The van der Waals surface area contributed by atoms with Crippen LogP contribution in [0.5, 0.6) is 5.75 Å². The predicted octanol–water partition coefficient (Wildman–Crippen LogP) is 3.34. The van der Waals surface area contributed by atoms with Crippen LogP contribution < -0.4 is 4.74 Å². The standard InChI is InChI=1S/C25H29N7O3/c1-16(2)32-24-19(14-26-32)13-21(17(3)27-24)25(33)31-11-9-30(10-12-31)15-22-28-23(29-35-22)18-5-7-20(34-4)8-6-18/h5-8,13-14,16H,9-12,15H2,1-4H3. The second kappa shape index (κ2) is 9.46. The third-order valence-corrected chi connectivity index (χ3v) is 6.31. The lowest BCUT2D eigenvalue weighted by Gasteiger charge is -2.34. The smallest absolute Gasteiger partial charge is 0.255 e. The number of rotatable bonds is 6. The van der Waals surface area contributed by atoms with E-state index in [-0.39, 0.29) is 11.9 Å². The number of aromatic nitrogens is 5. The minimum absolute atomic E-state index is 0.00780. The molecule has 10 heteroatoms. The fourth-order valence-electron chi connectivity index (χ4n) is 4.31. The van der Waals surface area contributed by atoms with E-state index in [2.05, 4.69) is 39.0 Å². The Morgan fingerprint density at radius 3 is 2.54 bits per heavy atom. The third-order valence-electron chi connectivity index (χ3n) is 6.31. The molecule has 1 amide bonds. The van der Waals surface area contributed by atoms with E-state index in [1.807, 2.05) is 46.8 Å². The molecule has 0 unspecified atom stereocenters. The highest BCUT2D eigenvalue weighted by Crippen LogP contribution is 2.22. The van der Waals surface area contributed by atoms with Gasteiger partial charge in [-0.2, -0.15) is 10.1 Å². The predicted molar refractivity (Wildman–Crippen MR) is 130 cm³/mol. The molecule has 1 aliphatic rings. The van der Waals surface area contributed by atoms with Crippen LogP contribution in [0.2, 0.25) is 0 Å². The molecule has 1 saturated heterocycles. The molecule has 0 bridgehead atoms. The molecule has 0 spiro atoms. The Bertz CT molecular complexity index is 1340. The first-order valence-electron chi connectivity index (χ1n) is 11.8. The Balaban J connectivity index is 1.21. The minimum atomic E-state index is 0.00780. The number of piperazine rings is 1. The third kappa shape index (κ3) is 4.61. The van der Waals surface area contributed by atoms with Gasteiger partial charge < -0.3 is 14.2 Å². The Morgan fingerprint density at radius 1 is 1.11 bits per heavy atom. The summed E-state index contributed by atoms with van der Waals surface area (Å²) in [5.74, 6) is 1.90. The zero-order chi connectivity index (χ0) is 24.5. The highest BCUT2D eigenvalue weighted by molar-refractivity contribution is 5.98. The normalized spacial score (nSPS) is 14.7. The van der Waals surface area contributed by atoms with Crippen LogP contribution in [0, 0.1) is 6.92 Å². The van der Waals surface area contributed by atoms with Gasteiger partial charge in [0.2, 0.25) is 11.7 Å². The van der Waals surface area contributed by atoms with Gasteiger partial charge in [-0.1, -0.05) is 5.16 Å². The number of benzene rings is 1. The molecule has 1 fully saturated rings. The Morgan fingerprint density at radius 2 is 1.86 bits per heavy atom. The number of carbonyl (C=O) groups excluding carboxylic acids is 1. The number of amides is 1. The molecule has 3 aromatic heterocycles. The maximum Gasteiger partial charge on any atom is 0.255 e. The van der Waals surface area contributed by atoms with Crippen molar-refractivity contribution in [2.75, 3.05) is 33.3 Å². The van der Waals surface area contributed by atoms with Gasteiger partial charge in [-0.3, -0.25) is 9.69 Å². The molecule has 182 valence electrons. The maximum absolute atomic E-state index is 13.3. The lowest BCUT2D eigenvalue weighted by molar-refractivity contribution is 0.0614. The van der Waals surface area contributed by atoms with Crippen LogP contribution >= 0.6 is 0 Å². The summed E-state index contributed by atoms with van der Waals surface area (Å²) in [6, 6.07) is 9.66. The number of hydrogen-bond donors (Lipinski definition) is 0. The largest absolute Gasteiger partial charge is 0.497 e. The van der Waals surface area contributed by atoms with Gasteiger partial charge in [0.05, 0.1) is 31.1 Å². The number of hydrogen-bond acceptors (Lipinski definition) is 8. The van der Waals surface area contributed by atoms with Crippen LogP contribution in [0.4, 0.5) is 0 Å². The van der Waals surface area contributed by atoms with Crippen LogP contribution in [-0.4, -0.2) is 73.9 Å². The number of pyridine rings is 1. The molecule has 1 aliphatic heterocycles. The fourth-order valence-corrected chi connectivity index (χ4v) is 4.31. The van der Waals surface area contributed by atoms with Gasteiger partial charge in [-0.05, 0) is 51.1 Å². The van der Waals surface area contributed by atoms with Crippen molar-refractivity contribution in [2.45, 2.75) is 33.4 Å². The van der Waals surface area contributed by atoms with Crippen molar-refractivity contribution in [3.8, 4) is 17.1 Å². The van der Waals surface area contributed by atoms with Gasteiger partial charge in [-0.15, -0.1) is 0 Å². The van der Waals surface area contributed by atoms with Crippen molar-refractivity contribution < 1.29 is 14.1 Å². The van der Waals surface area contributed by atoms with Gasteiger partial charge >= 0.3 is 0 Å². The van der Waals surface area contributed by atoms with Crippen molar-refractivity contribution in [3.63, 3.8) is 0 Å². The molecule has 5 rings (SSSR count). The summed E-state index contributed by atoms with van der Waals surface area (Å²) >= 11 is 0. The molecule has 1 aromatic carbocycles. The SMILES string of the molecule is COc1ccc(-c2noc(CN3CCN(C(=O)c4cc5cnn(C(C)C)c5nc4C)CC3)n2)cc1. The monoisotopic (exact) mass is 475 g/mol. The number of aryl methyl sites for hydroxylation is 1. The van der Waals surface area contributed by atoms with Crippen LogP contribution in [0.25, 0.3) is 22.4 Å². The highest BCUT2D eigenvalue weighted by Gasteiger charge is 2.25. The van der Waals surface area contributed by atoms with E-state index < -0.39 is 0 Å². The summed E-state index contributed by atoms with van der Waals surface area (Å²) in [6.07, 6.45) is 1.78. The van der Waals surface area contributed by atoms with Gasteiger partial charge in [-0.25, -0.2) is 9.67 Å². The van der Waals surface area contributed by atoms with Crippen molar-refractivity contribution in [3.05, 3.63) is 53.7 Å². The topological polar surface area (TPSA) is 102 Å². The first kappa shape index (κ1) is 23.0. The number of carbonyl (C=O) groups is 1. The zero-order valence-corrected chi connectivity index (χ0v) is 20.4. The molecule has 35 heavy (non-hydrogen) atoms. The number of nitrogens with zero attached hydrogens (tertiary/aromatic N) is 7. The highest BCUT2D eigenvalue weighted by atomic mass is 16.5. The lowest BCUT2D eigenvalue weighted by atomic mass is 10.1.